The first kappa shape index (κ1) is 19.8. The molecule has 2 aromatic heterocycles. The van der Waals surface area contributed by atoms with Crippen molar-refractivity contribution in [2.75, 3.05) is 0 Å². The second-order valence-electron chi connectivity index (χ2n) is 6.28. The Labute approximate surface area is 180 Å². The van der Waals surface area contributed by atoms with E-state index in [2.05, 4.69) is 21.3 Å². The minimum atomic E-state index is -1.09. The fraction of sp³-hybridized carbons (Fsp3) is 0.0476. The monoisotopic (exact) mass is 435 g/mol. The van der Waals surface area contributed by atoms with E-state index >= 15 is 0 Å². The molecule has 0 fully saturated rings. The SMILES string of the molecule is N#CCn1cc(/C=C(\Sc2n[nH]c(-c3ccc(Cl)cc3)n2)C(=O)O)c2ccccc21. The van der Waals surface area contributed by atoms with Gasteiger partial charge in [0.15, 0.2) is 5.82 Å². The Morgan fingerprint density at radius 3 is 2.77 bits per heavy atom. The van der Waals surface area contributed by atoms with E-state index in [1.54, 1.807) is 41.1 Å². The Bertz CT molecular complexity index is 1300. The molecule has 0 unspecified atom stereocenters. The molecule has 0 saturated heterocycles. The number of nitriles is 1. The summed E-state index contributed by atoms with van der Waals surface area (Å²) in [7, 11) is 0. The number of aromatic nitrogens is 4. The van der Waals surface area contributed by atoms with Gasteiger partial charge in [0.25, 0.3) is 0 Å². The smallest absolute Gasteiger partial charge is 0.342 e. The van der Waals surface area contributed by atoms with Gasteiger partial charge in [-0.2, -0.15) is 5.26 Å². The van der Waals surface area contributed by atoms with E-state index in [1.807, 2.05) is 24.3 Å². The van der Waals surface area contributed by atoms with Gasteiger partial charge in [-0.15, -0.1) is 5.10 Å². The van der Waals surface area contributed by atoms with Gasteiger partial charge >= 0.3 is 5.97 Å². The van der Waals surface area contributed by atoms with Crippen LogP contribution in [0.5, 0.6) is 0 Å². The zero-order valence-corrected chi connectivity index (χ0v) is 17.0. The summed E-state index contributed by atoms with van der Waals surface area (Å²) in [5.74, 6) is -0.570. The molecule has 148 valence electrons. The molecular weight excluding hydrogens is 422 g/mol. The summed E-state index contributed by atoms with van der Waals surface area (Å²) >= 11 is 6.85. The molecule has 7 nitrogen and oxygen atoms in total. The molecule has 0 amide bonds. The summed E-state index contributed by atoms with van der Waals surface area (Å²) in [6, 6.07) is 16.7. The zero-order chi connectivity index (χ0) is 21.1. The fourth-order valence-corrected chi connectivity index (χ4v) is 3.82. The van der Waals surface area contributed by atoms with Gasteiger partial charge in [0.05, 0.1) is 6.07 Å². The van der Waals surface area contributed by atoms with E-state index in [0.29, 0.717) is 16.4 Å². The van der Waals surface area contributed by atoms with Gasteiger partial charge in [0, 0.05) is 33.2 Å². The molecule has 0 saturated carbocycles. The zero-order valence-electron chi connectivity index (χ0n) is 15.4. The van der Waals surface area contributed by atoms with Gasteiger partial charge in [-0.05, 0) is 48.2 Å². The predicted octanol–water partition coefficient (Wildman–Crippen LogP) is 4.82. The summed E-state index contributed by atoms with van der Waals surface area (Å²) in [4.78, 5) is 16.3. The Balaban J connectivity index is 1.67. The molecule has 0 aliphatic heterocycles. The van der Waals surface area contributed by atoms with Gasteiger partial charge in [0.1, 0.15) is 11.4 Å². The van der Waals surface area contributed by atoms with Gasteiger partial charge in [0.2, 0.25) is 5.16 Å². The van der Waals surface area contributed by atoms with Gasteiger partial charge < -0.3 is 9.67 Å². The number of halogens is 1. The number of rotatable bonds is 6. The average Bonchev–Trinajstić information content (AvgIpc) is 3.34. The number of carbonyl (C=O) groups is 1. The average molecular weight is 436 g/mol. The molecule has 0 aliphatic rings. The van der Waals surface area contributed by atoms with Crippen molar-refractivity contribution in [1.82, 2.24) is 19.7 Å². The molecule has 0 aliphatic carbocycles. The lowest BCUT2D eigenvalue weighted by atomic mass is 10.1. The van der Waals surface area contributed by atoms with Crippen molar-refractivity contribution in [2.24, 2.45) is 0 Å². The highest BCUT2D eigenvalue weighted by atomic mass is 35.5. The van der Waals surface area contributed by atoms with E-state index in [-0.39, 0.29) is 16.6 Å². The third-order valence-electron chi connectivity index (χ3n) is 4.34. The van der Waals surface area contributed by atoms with Crippen LogP contribution in [0.2, 0.25) is 5.02 Å². The molecule has 30 heavy (non-hydrogen) atoms. The highest BCUT2D eigenvalue weighted by Crippen LogP contribution is 2.30. The van der Waals surface area contributed by atoms with E-state index < -0.39 is 5.97 Å². The van der Waals surface area contributed by atoms with Crippen LogP contribution in [-0.2, 0) is 11.3 Å². The van der Waals surface area contributed by atoms with Crippen LogP contribution in [0.4, 0.5) is 0 Å². The molecule has 2 heterocycles. The van der Waals surface area contributed by atoms with Crippen LogP contribution in [0, 0.1) is 11.3 Å². The lowest BCUT2D eigenvalue weighted by Crippen LogP contribution is -1.97. The molecule has 2 aromatic carbocycles. The van der Waals surface area contributed by atoms with E-state index in [9.17, 15) is 9.90 Å². The molecular formula is C21H14ClN5O2S. The number of H-pyrrole nitrogens is 1. The van der Waals surface area contributed by atoms with Crippen molar-refractivity contribution >= 4 is 46.3 Å². The lowest BCUT2D eigenvalue weighted by molar-refractivity contribution is -0.131. The Morgan fingerprint density at radius 2 is 2.03 bits per heavy atom. The number of aliphatic carboxylic acids is 1. The van der Waals surface area contributed by atoms with E-state index in [4.69, 9.17) is 16.9 Å². The Hall–Kier alpha value is -3.54. The number of aromatic amines is 1. The summed E-state index contributed by atoms with van der Waals surface area (Å²) in [6.07, 6.45) is 3.34. The van der Waals surface area contributed by atoms with Gasteiger partial charge in [-0.25, -0.2) is 9.78 Å². The number of hydrogen-bond donors (Lipinski definition) is 2. The van der Waals surface area contributed by atoms with Crippen LogP contribution in [-0.4, -0.2) is 30.8 Å². The van der Waals surface area contributed by atoms with Crippen molar-refractivity contribution in [1.29, 1.82) is 5.26 Å². The summed E-state index contributed by atoms with van der Waals surface area (Å²) in [5, 5.41) is 27.5. The molecule has 9 heteroatoms. The number of thioether (sulfide) groups is 1. The summed E-state index contributed by atoms with van der Waals surface area (Å²) in [5.41, 5.74) is 2.36. The van der Waals surface area contributed by atoms with Crippen molar-refractivity contribution in [3.63, 3.8) is 0 Å². The topological polar surface area (TPSA) is 108 Å². The standard InChI is InChI=1S/C21H14ClN5O2S/c22-15-7-5-13(6-8-15)19-24-21(26-25-19)30-18(20(28)29)11-14-12-27(10-9-23)17-4-2-1-3-16(14)17/h1-8,11-12H,10H2,(H,28,29)(H,24,25,26)/b18-11-. The third kappa shape index (κ3) is 4.08. The number of nitrogens with zero attached hydrogens (tertiary/aromatic N) is 4. The van der Waals surface area contributed by atoms with Crippen molar-refractivity contribution in [3.05, 3.63) is 70.2 Å². The second kappa shape index (κ2) is 8.45. The molecule has 4 rings (SSSR count). The van der Waals surface area contributed by atoms with Crippen molar-refractivity contribution < 1.29 is 9.90 Å². The maximum atomic E-state index is 11.9. The first-order valence-electron chi connectivity index (χ1n) is 8.81. The number of carboxylic acids is 1. The highest BCUT2D eigenvalue weighted by molar-refractivity contribution is 8.04. The number of fused-ring (bicyclic) bond motifs is 1. The number of carboxylic acid groups (broad SMARTS) is 1. The quantitative estimate of drug-likeness (QED) is 0.332. The molecule has 0 radical (unpaired) electrons. The number of hydrogen-bond acceptors (Lipinski definition) is 5. The first-order valence-corrected chi connectivity index (χ1v) is 10.0. The van der Waals surface area contributed by atoms with Crippen LogP contribution in [0.15, 0.2) is 64.8 Å². The molecule has 0 atom stereocenters. The summed E-state index contributed by atoms with van der Waals surface area (Å²) in [6.45, 7) is 0.176. The van der Waals surface area contributed by atoms with Gasteiger partial charge in [-0.3, -0.25) is 5.10 Å². The van der Waals surface area contributed by atoms with Crippen LogP contribution in [0.25, 0.3) is 28.4 Å². The van der Waals surface area contributed by atoms with Gasteiger partial charge in [-0.1, -0.05) is 29.8 Å². The molecule has 0 spiro atoms. The maximum Gasteiger partial charge on any atom is 0.342 e. The van der Waals surface area contributed by atoms with Crippen LogP contribution < -0.4 is 0 Å². The third-order valence-corrected chi connectivity index (χ3v) is 5.47. The number of nitrogens with one attached hydrogen (secondary N) is 1. The largest absolute Gasteiger partial charge is 0.477 e. The van der Waals surface area contributed by atoms with E-state index in [0.717, 1.165) is 28.2 Å². The maximum absolute atomic E-state index is 11.9. The minimum Gasteiger partial charge on any atom is -0.477 e. The highest BCUT2D eigenvalue weighted by Gasteiger charge is 2.16. The van der Waals surface area contributed by atoms with E-state index in [1.165, 1.54) is 0 Å². The minimum absolute atomic E-state index is 0.0662. The Morgan fingerprint density at radius 1 is 1.27 bits per heavy atom. The molecule has 2 N–H and O–H groups in total. The lowest BCUT2D eigenvalue weighted by Gasteiger charge is -1.99. The number of para-hydroxylation sites is 1. The van der Waals surface area contributed by atoms with Crippen LogP contribution >= 0.6 is 23.4 Å². The van der Waals surface area contributed by atoms with Crippen LogP contribution in [0.1, 0.15) is 5.56 Å². The molecule has 0 bridgehead atoms. The fourth-order valence-electron chi connectivity index (χ4n) is 3.00. The normalized spacial score (nSPS) is 11.5. The van der Waals surface area contributed by atoms with Crippen molar-refractivity contribution in [3.8, 4) is 17.5 Å². The molecule has 4 aromatic rings. The second-order valence-corrected chi connectivity index (χ2v) is 7.72. The predicted molar refractivity (Wildman–Crippen MR) is 116 cm³/mol. The summed E-state index contributed by atoms with van der Waals surface area (Å²) < 4.78 is 1.79. The van der Waals surface area contributed by atoms with Crippen LogP contribution in [0.3, 0.4) is 0 Å². The number of benzene rings is 2. The Kier molecular flexibility index (Phi) is 5.57. The van der Waals surface area contributed by atoms with Crippen molar-refractivity contribution in [2.45, 2.75) is 11.7 Å². The first-order chi connectivity index (χ1) is 14.5.